The van der Waals surface area contributed by atoms with Gasteiger partial charge in [0.2, 0.25) is 11.9 Å². The van der Waals surface area contributed by atoms with E-state index in [4.69, 9.17) is 5.73 Å². The largest absolute Gasteiger partial charge is 0.368 e. The van der Waals surface area contributed by atoms with E-state index in [1.54, 1.807) is 0 Å². The molecule has 2 heterocycles. The van der Waals surface area contributed by atoms with E-state index in [1.807, 2.05) is 62.4 Å². The molecule has 0 aliphatic rings. The molecule has 152 valence electrons. The molecule has 0 amide bonds. The number of hydrogen-bond donors (Lipinski definition) is 3. The van der Waals surface area contributed by atoms with Crippen molar-refractivity contribution < 1.29 is 4.79 Å². The zero-order valence-electron chi connectivity index (χ0n) is 16.8. The van der Waals surface area contributed by atoms with Crippen LogP contribution in [0.3, 0.4) is 0 Å². The Morgan fingerprint density at radius 1 is 1.07 bits per heavy atom. The monoisotopic (exact) mass is 418 g/mol. The minimum atomic E-state index is 0.0789. The van der Waals surface area contributed by atoms with E-state index in [1.165, 1.54) is 11.8 Å². The molecule has 0 unspecified atom stereocenters. The van der Waals surface area contributed by atoms with Gasteiger partial charge in [-0.15, -0.1) is 11.8 Å². The lowest BCUT2D eigenvalue weighted by Gasteiger charge is -2.09. The highest BCUT2D eigenvalue weighted by molar-refractivity contribution is 7.99. The molecular formula is C22H22N6OS. The molecule has 2 aromatic carbocycles. The van der Waals surface area contributed by atoms with Gasteiger partial charge in [-0.1, -0.05) is 36.4 Å². The van der Waals surface area contributed by atoms with Crippen molar-refractivity contribution in [3.63, 3.8) is 0 Å². The Morgan fingerprint density at radius 3 is 2.67 bits per heavy atom. The highest BCUT2D eigenvalue weighted by Crippen LogP contribution is 2.24. The summed E-state index contributed by atoms with van der Waals surface area (Å²) in [6.07, 6.45) is 0. The summed E-state index contributed by atoms with van der Waals surface area (Å²) in [6.45, 7) is 3.93. The first-order chi connectivity index (χ1) is 14.5. The number of anilines is 3. The van der Waals surface area contributed by atoms with Crippen LogP contribution in [-0.2, 0) is 5.75 Å². The van der Waals surface area contributed by atoms with E-state index in [2.05, 4.69) is 25.3 Å². The highest BCUT2D eigenvalue weighted by Gasteiger charge is 2.16. The van der Waals surface area contributed by atoms with Gasteiger partial charge in [-0.3, -0.25) is 4.79 Å². The van der Waals surface area contributed by atoms with Crippen LogP contribution in [0.2, 0.25) is 0 Å². The zero-order valence-corrected chi connectivity index (χ0v) is 17.6. The summed E-state index contributed by atoms with van der Waals surface area (Å²) in [4.78, 5) is 28.9. The molecule has 0 radical (unpaired) electrons. The quantitative estimate of drug-likeness (QED) is 0.381. The molecule has 8 heteroatoms. The minimum absolute atomic E-state index is 0.0789. The predicted octanol–water partition coefficient (Wildman–Crippen LogP) is 4.41. The number of carbonyl (C=O) groups excluding carboxylic acids is 1. The zero-order chi connectivity index (χ0) is 21.1. The van der Waals surface area contributed by atoms with E-state index < -0.39 is 0 Å². The number of nitrogen functional groups attached to an aromatic ring is 1. The molecule has 4 rings (SSSR count). The second-order valence-corrected chi connectivity index (χ2v) is 7.95. The lowest BCUT2D eigenvalue weighted by Crippen LogP contribution is -2.08. The van der Waals surface area contributed by atoms with Crippen molar-refractivity contribution in [2.75, 3.05) is 16.8 Å². The van der Waals surface area contributed by atoms with Crippen LogP contribution in [0.15, 0.2) is 48.5 Å². The van der Waals surface area contributed by atoms with Gasteiger partial charge in [0.15, 0.2) is 5.78 Å². The number of nitrogens with one attached hydrogen (secondary N) is 2. The molecule has 0 atom stereocenters. The number of carbonyl (C=O) groups is 1. The van der Waals surface area contributed by atoms with Gasteiger partial charge in [-0.2, -0.15) is 15.0 Å². The molecule has 0 spiro atoms. The number of H-pyrrole nitrogens is 1. The van der Waals surface area contributed by atoms with Crippen molar-refractivity contribution in [3.8, 4) is 0 Å². The highest BCUT2D eigenvalue weighted by atomic mass is 32.2. The summed E-state index contributed by atoms with van der Waals surface area (Å²) in [5.41, 5.74) is 10.4. The summed E-state index contributed by atoms with van der Waals surface area (Å²) in [5.74, 6) is 1.95. The van der Waals surface area contributed by atoms with Gasteiger partial charge in [-0.05, 0) is 31.5 Å². The molecule has 0 bridgehead atoms. The number of thioether (sulfide) groups is 1. The van der Waals surface area contributed by atoms with Gasteiger partial charge < -0.3 is 16.0 Å². The number of rotatable bonds is 7. The Labute approximate surface area is 178 Å². The number of fused-ring (bicyclic) bond motifs is 1. The van der Waals surface area contributed by atoms with Gasteiger partial charge in [0.1, 0.15) is 5.82 Å². The fourth-order valence-electron chi connectivity index (χ4n) is 3.34. The number of ketones is 1. The normalized spacial score (nSPS) is 11.0. The van der Waals surface area contributed by atoms with Crippen LogP contribution in [0.4, 0.5) is 17.6 Å². The second kappa shape index (κ2) is 8.54. The summed E-state index contributed by atoms with van der Waals surface area (Å²) in [5, 5.41) is 4.13. The van der Waals surface area contributed by atoms with Crippen LogP contribution in [-0.4, -0.2) is 31.5 Å². The molecule has 0 aliphatic heterocycles. The maximum atomic E-state index is 12.8. The second-order valence-electron chi connectivity index (χ2n) is 6.96. The minimum Gasteiger partial charge on any atom is -0.368 e. The molecule has 0 saturated heterocycles. The number of nitrogens with zero attached hydrogens (tertiary/aromatic N) is 3. The molecule has 2 aromatic heterocycles. The molecular weight excluding hydrogens is 396 g/mol. The average molecular weight is 419 g/mol. The Hall–Kier alpha value is -3.39. The predicted molar refractivity (Wildman–Crippen MR) is 122 cm³/mol. The molecule has 0 saturated carbocycles. The Kier molecular flexibility index (Phi) is 5.67. The number of benzene rings is 2. The van der Waals surface area contributed by atoms with Crippen LogP contribution < -0.4 is 11.1 Å². The number of aryl methyl sites for hydroxylation is 2. The first-order valence-corrected chi connectivity index (χ1v) is 10.7. The SMILES string of the molecule is Cc1ccccc1Nc1nc(N)nc(CSCC(=O)c2c(C)[nH]c3ccccc23)n1. The van der Waals surface area contributed by atoms with Crippen LogP contribution in [0.1, 0.15) is 27.4 Å². The van der Waals surface area contributed by atoms with Crippen LogP contribution in [0.25, 0.3) is 10.9 Å². The molecule has 0 fully saturated rings. The third kappa shape index (κ3) is 4.28. The van der Waals surface area contributed by atoms with Crippen molar-refractivity contribution in [2.45, 2.75) is 19.6 Å². The number of Topliss-reactive ketones (excluding diaryl/α,β-unsaturated/α-hetero) is 1. The maximum Gasteiger partial charge on any atom is 0.232 e. The molecule has 30 heavy (non-hydrogen) atoms. The van der Waals surface area contributed by atoms with Gasteiger partial charge in [0, 0.05) is 27.8 Å². The van der Waals surface area contributed by atoms with Crippen molar-refractivity contribution in [1.29, 1.82) is 0 Å². The van der Waals surface area contributed by atoms with Crippen LogP contribution >= 0.6 is 11.8 Å². The van der Waals surface area contributed by atoms with E-state index >= 15 is 0 Å². The third-order valence-corrected chi connectivity index (χ3v) is 5.66. The average Bonchev–Trinajstić information content (AvgIpc) is 3.05. The summed E-state index contributed by atoms with van der Waals surface area (Å²) in [7, 11) is 0. The van der Waals surface area contributed by atoms with Gasteiger partial charge >= 0.3 is 0 Å². The Balaban J connectivity index is 1.44. The topological polar surface area (TPSA) is 110 Å². The number of nitrogens with two attached hydrogens (primary N) is 1. The van der Waals surface area contributed by atoms with Crippen LogP contribution in [0, 0.1) is 13.8 Å². The molecule has 7 nitrogen and oxygen atoms in total. The van der Waals surface area contributed by atoms with E-state index in [9.17, 15) is 4.79 Å². The van der Waals surface area contributed by atoms with E-state index in [0.29, 0.717) is 23.3 Å². The number of para-hydroxylation sites is 2. The lowest BCUT2D eigenvalue weighted by atomic mass is 10.1. The standard InChI is InChI=1S/C22H22N6OS/c1-13-7-3-5-9-16(13)25-22-27-19(26-21(23)28-22)12-30-11-18(29)20-14(2)24-17-10-6-4-8-15(17)20/h3-10,24H,11-12H2,1-2H3,(H3,23,25,26,27,28). The third-order valence-electron chi connectivity index (χ3n) is 4.73. The Bertz CT molecular complexity index is 1220. The Morgan fingerprint density at radius 2 is 1.83 bits per heavy atom. The fourth-order valence-corrected chi connectivity index (χ4v) is 4.08. The van der Waals surface area contributed by atoms with Crippen molar-refractivity contribution >= 4 is 46.0 Å². The van der Waals surface area contributed by atoms with Gasteiger partial charge in [0.05, 0.1) is 11.5 Å². The van der Waals surface area contributed by atoms with Gasteiger partial charge in [-0.25, -0.2) is 0 Å². The number of aromatic nitrogens is 4. The molecule has 0 aliphatic carbocycles. The molecule has 4 aromatic rings. The number of aromatic amines is 1. The smallest absolute Gasteiger partial charge is 0.232 e. The summed E-state index contributed by atoms with van der Waals surface area (Å²) < 4.78 is 0. The van der Waals surface area contributed by atoms with E-state index in [-0.39, 0.29) is 11.7 Å². The first-order valence-electron chi connectivity index (χ1n) is 9.52. The van der Waals surface area contributed by atoms with Crippen LogP contribution in [0.5, 0.6) is 0 Å². The fraction of sp³-hybridized carbons (Fsp3) is 0.182. The van der Waals surface area contributed by atoms with Crippen molar-refractivity contribution in [3.05, 3.63) is 71.2 Å². The van der Waals surface area contributed by atoms with Crippen molar-refractivity contribution in [1.82, 2.24) is 19.9 Å². The van der Waals surface area contributed by atoms with Crippen molar-refractivity contribution in [2.24, 2.45) is 0 Å². The summed E-state index contributed by atoms with van der Waals surface area (Å²) >= 11 is 1.46. The first kappa shape index (κ1) is 19.9. The molecule has 4 N–H and O–H groups in total. The van der Waals surface area contributed by atoms with Gasteiger partial charge in [0.25, 0.3) is 0 Å². The number of hydrogen-bond acceptors (Lipinski definition) is 7. The summed E-state index contributed by atoms with van der Waals surface area (Å²) in [6, 6.07) is 15.7. The maximum absolute atomic E-state index is 12.8. The lowest BCUT2D eigenvalue weighted by molar-refractivity contribution is 0.102. The van der Waals surface area contributed by atoms with E-state index in [0.717, 1.165) is 33.4 Å².